The molecule has 1 aliphatic rings. The van der Waals surface area contributed by atoms with Gasteiger partial charge in [-0.1, -0.05) is 11.6 Å². The van der Waals surface area contributed by atoms with Gasteiger partial charge in [0.25, 0.3) is 0 Å². The Morgan fingerprint density at radius 3 is 2.87 bits per heavy atom. The van der Waals surface area contributed by atoms with Gasteiger partial charge in [0.15, 0.2) is 5.75 Å². The second-order valence-corrected chi connectivity index (χ2v) is 4.04. The normalized spacial score (nSPS) is 14.7. The van der Waals surface area contributed by atoms with Crippen LogP contribution in [0.5, 0.6) is 5.75 Å². The van der Waals surface area contributed by atoms with Crippen LogP contribution in [0.3, 0.4) is 0 Å². The van der Waals surface area contributed by atoms with Gasteiger partial charge in [0.2, 0.25) is 0 Å². The van der Waals surface area contributed by atoms with Crippen molar-refractivity contribution in [3.05, 3.63) is 28.5 Å². The van der Waals surface area contributed by atoms with E-state index in [0.717, 1.165) is 25.0 Å². The second kappa shape index (κ2) is 4.08. The molecule has 2 rings (SSSR count). The third-order valence-corrected chi connectivity index (χ3v) is 2.57. The average molecular weight is 226 g/mol. The van der Waals surface area contributed by atoms with Crippen molar-refractivity contribution in [2.45, 2.75) is 12.8 Å². The molecule has 0 bridgehead atoms. The molecule has 15 heavy (non-hydrogen) atoms. The van der Waals surface area contributed by atoms with Crippen LogP contribution in [-0.2, 0) is 0 Å². The minimum Gasteiger partial charge on any atom is -0.490 e. The van der Waals surface area contributed by atoms with Gasteiger partial charge in [-0.3, -0.25) is 0 Å². The summed E-state index contributed by atoms with van der Waals surface area (Å²) >= 11 is 5.80. The molecule has 0 heterocycles. The summed E-state index contributed by atoms with van der Waals surface area (Å²) in [6.07, 6.45) is 2.31. The zero-order valence-electron chi connectivity index (χ0n) is 7.96. The largest absolute Gasteiger partial charge is 0.490 e. The van der Waals surface area contributed by atoms with E-state index in [-0.39, 0.29) is 10.6 Å². The second-order valence-electron chi connectivity index (χ2n) is 3.63. The Balaban J connectivity index is 2.22. The van der Waals surface area contributed by atoms with Gasteiger partial charge in [-0.2, -0.15) is 5.26 Å². The van der Waals surface area contributed by atoms with E-state index < -0.39 is 5.82 Å². The molecule has 78 valence electrons. The van der Waals surface area contributed by atoms with E-state index in [2.05, 4.69) is 0 Å². The quantitative estimate of drug-likeness (QED) is 0.792. The average Bonchev–Trinajstić information content (AvgIpc) is 2.99. The summed E-state index contributed by atoms with van der Waals surface area (Å²) in [5.41, 5.74) is 0.153. The first-order valence-electron chi connectivity index (χ1n) is 4.72. The highest BCUT2D eigenvalue weighted by atomic mass is 35.5. The molecule has 0 aromatic heterocycles. The van der Waals surface area contributed by atoms with Gasteiger partial charge in [-0.05, 0) is 30.9 Å². The van der Waals surface area contributed by atoms with Crippen LogP contribution >= 0.6 is 11.6 Å². The first-order chi connectivity index (χ1) is 7.20. The van der Waals surface area contributed by atoms with Crippen molar-refractivity contribution in [1.82, 2.24) is 0 Å². The maximum atomic E-state index is 12.9. The summed E-state index contributed by atoms with van der Waals surface area (Å²) in [4.78, 5) is 0. The third-order valence-electron chi connectivity index (χ3n) is 2.29. The SMILES string of the molecule is N#Cc1cc(F)cc(Cl)c1OCC1CC1. The Labute approximate surface area is 92.2 Å². The lowest BCUT2D eigenvalue weighted by atomic mass is 10.2. The molecule has 1 saturated carbocycles. The van der Waals surface area contributed by atoms with Gasteiger partial charge < -0.3 is 4.74 Å². The lowest BCUT2D eigenvalue weighted by Crippen LogP contribution is -2.01. The smallest absolute Gasteiger partial charge is 0.155 e. The maximum Gasteiger partial charge on any atom is 0.155 e. The molecule has 4 heteroatoms. The molecule has 0 amide bonds. The fourth-order valence-corrected chi connectivity index (χ4v) is 1.54. The zero-order chi connectivity index (χ0) is 10.8. The summed E-state index contributed by atoms with van der Waals surface area (Å²) in [6, 6.07) is 4.16. The van der Waals surface area contributed by atoms with E-state index in [1.807, 2.05) is 6.07 Å². The van der Waals surface area contributed by atoms with Gasteiger partial charge >= 0.3 is 0 Å². The van der Waals surface area contributed by atoms with E-state index in [0.29, 0.717) is 18.3 Å². The molecule has 1 aromatic rings. The van der Waals surface area contributed by atoms with Crippen molar-refractivity contribution >= 4 is 11.6 Å². The van der Waals surface area contributed by atoms with Crippen LogP contribution in [0.4, 0.5) is 4.39 Å². The summed E-state index contributed by atoms with van der Waals surface area (Å²) in [5.74, 6) is 0.348. The molecule has 0 atom stereocenters. The standard InChI is InChI=1S/C11H9ClFNO/c12-10-4-9(13)3-8(5-14)11(10)15-6-7-1-2-7/h3-4,7H,1-2,6H2. The van der Waals surface area contributed by atoms with Crippen LogP contribution < -0.4 is 4.74 Å². The lowest BCUT2D eigenvalue weighted by molar-refractivity contribution is 0.298. The van der Waals surface area contributed by atoms with Gasteiger partial charge in [0.1, 0.15) is 11.9 Å². The molecule has 1 fully saturated rings. The summed E-state index contributed by atoms with van der Waals surface area (Å²) in [5, 5.41) is 8.95. The molecule has 2 nitrogen and oxygen atoms in total. The third kappa shape index (κ3) is 2.40. The van der Waals surface area contributed by atoms with Crippen molar-refractivity contribution in [3.8, 4) is 11.8 Å². The number of ether oxygens (including phenoxy) is 1. The number of hydrogen-bond acceptors (Lipinski definition) is 2. The topological polar surface area (TPSA) is 33.0 Å². The fraction of sp³-hybridized carbons (Fsp3) is 0.364. The number of hydrogen-bond donors (Lipinski definition) is 0. The van der Waals surface area contributed by atoms with E-state index >= 15 is 0 Å². The lowest BCUT2D eigenvalue weighted by Gasteiger charge is -2.08. The first-order valence-corrected chi connectivity index (χ1v) is 5.10. The van der Waals surface area contributed by atoms with Crippen LogP contribution in [0, 0.1) is 23.1 Å². The Morgan fingerprint density at radius 2 is 2.27 bits per heavy atom. The van der Waals surface area contributed by atoms with Crippen molar-refractivity contribution in [1.29, 1.82) is 5.26 Å². The highest BCUT2D eigenvalue weighted by Gasteiger charge is 2.23. The van der Waals surface area contributed by atoms with Crippen molar-refractivity contribution in [3.63, 3.8) is 0 Å². The van der Waals surface area contributed by atoms with Crippen LogP contribution in [0.1, 0.15) is 18.4 Å². The summed E-state index contributed by atoms with van der Waals surface area (Å²) in [6.45, 7) is 0.556. The molecule has 1 aromatic carbocycles. The molecule has 0 unspecified atom stereocenters. The van der Waals surface area contributed by atoms with Crippen LogP contribution in [0.2, 0.25) is 5.02 Å². The van der Waals surface area contributed by atoms with E-state index in [4.69, 9.17) is 21.6 Å². The molecular formula is C11H9ClFNO. The van der Waals surface area contributed by atoms with Gasteiger partial charge in [-0.15, -0.1) is 0 Å². The fourth-order valence-electron chi connectivity index (χ4n) is 1.28. The van der Waals surface area contributed by atoms with Crippen molar-refractivity contribution in [2.75, 3.05) is 6.61 Å². The minimum atomic E-state index is -0.518. The Bertz CT molecular complexity index is 423. The molecule has 0 saturated heterocycles. The highest BCUT2D eigenvalue weighted by Crippen LogP contribution is 2.33. The monoisotopic (exact) mass is 225 g/mol. The summed E-state index contributed by atoms with van der Waals surface area (Å²) < 4.78 is 18.3. The van der Waals surface area contributed by atoms with Crippen LogP contribution in [-0.4, -0.2) is 6.61 Å². The molecular weight excluding hydrogens is 217 g/mol. The molecule has 0 aliphatic heterocycles. The van der Waals surface area contributed by atoms with Gasteiger partial charge in [0, 0.05) is 0 Å². The minimum absolute atomic E-state index is 0.153. The number of benzene rings is 1. The number of nitriles is 1. The maximum absolute atomic E-state index is 12.9. The van der Waals surface area contributed by atoms with Crippen LogP contribution in [0.15, 0.2) is 12.1 Å². The first kappa shape index (κ1) is 10.3. The van der Waals surface area contributed by atoms with E-state index in [1.54, 1.807) is 0 Å². The molecule has 0 radical (unpaired) electrons. The Kier molecular flexibility index (Phi) is 2.79. The molecule has 0 spiro atoms. The Hall–Kier alpha value is -1.27. The predicted molar refractivity (Wildman–Crippen MR) is 54.3 cm³/mol. The zero-order valence-corrected chi connectivity index (χ0v) is 8.72. The van der Waals surface area contributed by atoms with Crippen molar-refractivity contribution in [2.24, 2.45) is 5.92 Å². The van der Waals surface area contributed by atoms with Gasteiger partial charge in [0.05, 0.1) is 17.2 Å². The molecule has 1 aliphatic carbocycles. The van der Waals surface area contributed by atoms with Gasteiger partial charge in [-0.25, -0.2) is 4.39 Å². The number of halogens is 2. The predicted octanol–water partition coefficient (Wildman–Crippen LogP) is 3.14. The van der Waals surface area contributed by atoms with Crippen LogP contribution in [0.25, 0.3) is 0 Å². The molecule has 0 N–H and O–H groups in total. The van der Waals surface area contributed by atoms with E-state index in [1.165, 1.54) is 0 Å². The number of rotatable bonds is 3. The van der Waals surface area contributed by atoms with E-state index in [9.17, 15) is 4.39 Å². The highest BCUT2D eigenvalue weighted by molar-refractivity contribution is 6.32. The number of nitrogens with zero attached hydrogens (tertiary/aromatic N) is 1. The van der Waals surface area contributed by atoms with Crippen molar-refractivity contribution < 1.29 is 9.13 Å². The Morgan fingerprint density at radius 1 is 1.53 bits per heavy atom. The summed E-state index contributed by atoms with van der Waals surface area (Å²) in [7, 11) is 0.